The number of Topliss-reactive ketones (excluding diaryl/α,β-unsaturated/α-hetero) is 1. The molecule has 0 bridgehead atoms. The third-order valence-corrected chi connectivity index (χ3v) is 6.77. The SMILES string of the molecule is CCCNN1Cc2c(F)cccc2C(C(=O)N[C@H](c2cccc(F)c2)C2CCC2=O)=C1CBr. The molecule has 1 saturated carbocycles. The van der Waals surface area contributed by atoms with Crippen LogP contribution in [0.4, 0.5) is 8.78 Å². The molecule has 1 unspecified atom stereocenters. The standard InChI is InChI=1S/C25H26BrF2N3O2/c1-2-11-29-31-14-19-17(7-4-8-20(19)28)23(21(31)13-26)25(33)30-24(18-9-10-22(18)32)15-5-3-6-16(27)12-15/h3-8,12,18,24,29H,2,9-11,13-14H2,1H3,(H,30,33)/t18?,24-/m1/s1. The number of carbonyl (C=O) groups excluding carboxylic acids is 2. The molecule has 5 nitrogen and oxygen atoms in total. The van der Waals surface area contributed by atoms with Crippen molar-refractivity contribution in [2.45, 2.75) is 38.8 Å². The predicted molar refractivity (Wildman–Crippen MR) is 126 cm³/mol. The molecule has 1 aliphatic heterocycles. The molecule has 2 N–H and O–H groups in total. The van der Waals surface area contributed by atoms with E-state index in [2.05, 4.69) is 26.7 Å². The Morgan fingerprint density at radius 1 is 1.24 bits per heavy atom. The van der Waals surface area contributed by atoms with Crippen LogP contribution in [0, 0.1) is 17.6 Å². The lowest BCUT2D eigenvalue weighted by atomic mass is 9.75. The van der Waals surface area contributed by atoms with E-state index in [1.807, 2.05) is 6.92 Å². The number of rotatable bonds is 8. The summed E-state index contributed by atoms with van der Waals surface area (Å²) < 4.78 is 28.7. The summed E-state index contributed by atoms with van der Waals surface area (Å²) in [5.41, 5.74) is 5.77. The highest BCUT2D eigenvalue weighted by molar-refractivity contribution is 9.09. The first kappa shape index (κ1) is 23.6. The highest BCUT2D eigenvalue weighted by Crippen LogP contribution is 2.38. The van der Waals surface area contributed by atoms with E-state index in [0.29, 0.717) is 52.7 Å². The molecule has 0 aromatic heterocycles. The Kier molecular flexibility index (Phi) is 7.24. The van der Waals surface area contributed by atoms with Crippen molar-refractivity contribution in [3.63, 3.8) is 0 Å². The van der Waals surface area contributed by atoms with Crippen LogP contribution in [0.25, 0.3) is 5.57 Å². The van der Waals surface area contributed by atoms with E-state index >= 15 is 0 Å². The van der Waals surface area contributed by atoms with Crippen LogP contribution in [0.1, 0.15) is 48.9 Å². The second-order valence-electron chi connectivity index (χ2n) is 8.33. The molecule has 8 heteroatoms. The first-order chi connectivity index (χ1) is 15.9. The maximum Gasteiger partial charge on any atom is 0.254 e. The summed E-state index contributed by atoms with van der Waals surface area (Å²) in [6.45, 7) is 2.97. The first-order valence-electron chi connectivity index (χ1n) is 11.1. The predicted octanol–water partition coefficient (Wildman–Crippen LogP) is 4.64. The minimum atomic E-state index is -0.658. The molecule has 0 spiro atoms. The molecule has 0 radical (unpaired) electrons. The van der Waals surface area contributed by atoms with E-state index in [9.17, 15) is 18.4 Å². The van der Waals surface area contributed by atoms with E-state index in [-0.39, 0.29) is 18.1 Å². The van der Waals surface area contributed by atoms with Crippen molar-refractivity contribution in [1.82, 2.24) is 15.8 Å². The number of benzene rings is 2. The number of hydrazine groups is 1. The molecule has 2 aliphatic rings. The topological polar surface area (TPSA) is 61.4 Å². The molecule has 2 aromatic rings. The van der Waals surface area contributed by atoms with Crippen molar-refractivity contribution < 1.29 is 18.4 Å². The number of nitrogens with one attached hydrogen (secondary N) is 2. The first-order valence-corrected chi connectivity index (χ1v) is 12.2. The highest BCUT2D eigenvalue weighted by Gasteiger charge is 2.39. The molecule has 2 aromatic carbocycles. The van der Waals surface area contributed by atoms with Gasteiger partial charge in [0.2, 0.25) is 0 Å². The molecule has 1 heterocycles. The van der Waals surface area contributed by atoms with Crippen LogP contribution < -0.4 is 10.7 Å². The maximum atomic E-state index is 14.7. The van der Waals surface area contributed by atoms with E-state index in [1.54, 1.807) is 29.3 Å². The molecular weight excluding hydrogens is 492 g/mol. The van der Waals surface area contributed by atoms with Gasteiger partial charge in [-0.3, -0.25) is 9.59 Å². The van der Waals surface area contributed by atoms with Crippen LogP contribution in [0.15, 0.2) is 48.2 Å². The largest absolute Gasteiger partial charge is 0.344 e. The summed E-state index contributed by atoms with van der Waals surface area (Å²) in [6, 6.07) is 10.00. The number of nitrogens with zero attached hydrogens (tertiary/aromatic N) is 1. The number of hydrogen-bond acceptors (Lipinski definition) is 4. The van der Waals surface area contributed by atoms with Gasteiger partial charge in [-0.15, -0.1) is 0 Å². The number of alkyl halides is 1. The zero-order chi connectivity index (χ0) is 23.5. The summed E-state index contributed by atoms with van der Waals surface area (Å²) in [6.07, 6.45) is 1.94. The van der Waals surface area contributed by atoms with Crippen molar-refractivity contribution in [2.75, 3.05) is 11.9 Å². The number of allylic oxidation sites excluding steroid dienone is 1. The average Bonchev–Trinajstić information content (AvgIpc) is 2.80. The molecule has 1 amide bonds. The van der Waals surface area contributed by atoms with E-state index in [0.717, 1.165) is 6.42 Å². The fraction of sp³-hybridized carbons (Fsp3) is 0.360. The highest BCUT2D eigenvalue weighted by atomic mass is 79.9. The van der Waals surface area contributed by atoms with Crippen LogP contribution >= 0.6 is 15.9 Å². The molecular formula is C25H26BrF2N3O2. The zero-order valence-corrected chi connectivity index (χ0v) is 19.9. The Bertz CT molecular complexity index is 1100. The van der Waals surface area contributed by atoms with Gasteiger partial charge in [-0.05, 0) is 42.2 Å². The summed E-state index contributed by atoms with van der Waals surface area (Å²) in [5, 5.41) is 5.15. The van der Waals surface area contributed by atoms with Crippen LogP contribution in [0.2, 0.25) is 0 Å². The minimum absolute atomic E-state index is 0.0422. The van der Waals surface area contributed by atoms with Crippen molar-refractivity contribution in [1.29, 1.82) is 0 Å². The number of halogens is 3. The molecule has 33 heavy (non-hydrogen) atoms. The number of ketones is 1. The van der Waals surface area contributed by atoms with Gasteiger partial charge in [-0.2, -0.15) is 0 Å². The van der Waals surface area contributed by atoms with E-state index in [1.165, 1.54) is 18.2 Å². The normalized spacial score (nSPS) is 18.6. The molecule has 1 aliphatic carbocycles. The quantitative estimate of drug-likeness (QED) is 0.501. The van der Waals surface area contributed by atoms with Crippen LogP contribution in [0.3, 0.4) is 0 Å². The lowest BCUT2D eigenvalue weighted by Gasteiger charge is -2.37. The molecule has 4 rings (SSSR count). The Morgan fingerprint density at radius 3 is 2.67 bits per heavy atom. The Morgan fingerprint density at radius 2 is 2.03 bits per heavy atom. The number of carbonyl (C=O) groups is 2. The van der Waals surface area contributed by atoms with Gasteiger partial charge in [0, 0.05) is 29.8 Å². The van der Waals surface area contributed by atoms with Gasteiger partial charge in [-0.1, -0.05) is 47.1 Å². The van der Waals surface area contributed by atoms with Crippen LogP contribution in [0.5, 0.6) is 0 Å². The van der Waals surface area contributed by atoms with Gasteiger partial charge >= 0.3 is 0 Å². The summed E-state index contributed by atoms with van der Waals surface area (Å²) in [5.74, 6) is -1.60. The molecule has 2 atom stereocenters. The van der Waals surface area contributed by atoms with Gasteiger partial charge in [0.1, 0.15) is 17.4 Å². The lowest BCUT2D eigenvalue weighted by Crippen LogP contribution is -2.45. The lowest BCUT2D eigenvalue weighted by molar-refractivity contribution is -0.131. The zero-order valence-electron chi connectivity index (χ0n) is 18.3. The second-order valence-corrected chi connectivity index (χ2v) is 8.89. The van der Waals surface area contributed by atoms with Crippen molar-refractivity contribution in [3.05, 3.63) is 76.5 Å². The van der Waals surface area contributed by atoms with Gasteiger partial charge < -0.3 is 10.3 Å². The fourth-order valence-corrected chi connectivity index (χ4v) is 4.98. The Hall–Kier alpha value is -2.58. The average molecular weight is 518 g/mol. The molecule has 0 saturated heterocycles. The third-order valence-electron chi connectivity index (χ3n) is 6.24. The monoisotopic (exact) mass is 517 g/mol. The summed E-state index contributed by atoms with van der Waals surface area (Å²) in [4.78, 5) is 26.0. The second kappa shape index (κ2) is 10.1. The Balaban J connectivity index is 1.75. The smallest absolute Gasteiger partial charge is 0.254 e. The fourth-order valence-electron chi connectivity index (χ4n) is 4.40. The summed E-state index contributed by atoms with van der Waals surface area (Å²) >= 11 is 3.49. The third kappa shape index (κ3) is 4.73. The molecule has 1 fully saturated rings. The number of fused-ring (bicyclic) bond motifs is 1. The van der Waals surface area contributed by atoms with E-state index < -0.39 is 23.7 Å². The van der Waals surface area contributed by atoms with Gasteiger partial charge in [0.05, 0.1) is 23.9 Å². The number of amides is 1. The minimum Gasteiger partial charge on any atom is -0.344 e. The number of hydrogen-bond donors (Lipinski definition) is 2. The van der Waals surface area contributed by atoms with Gasteiger partial charge in [0.15, 0.2) is 0 Å². The maximum absolute atomic E-state index is 14.7. The summed E-state index contributed by atoms with van der Waals surface area (Å²) in [7, 11) is 0. The van der Waals surface area contributed by atoms with Gasteiger partial charge in [-0.25, -0.2) is 14.2 Å². The van der Waals surface area contributed by atoms with Crippen LogP contribution in [-0.2, 0) is 16.1 Å². The van der Waals surface area contributed by atoms with Crippen molar-refractivity contribution in [2.24, 2.45) is 5.92 Å². The van der Waals surface area contributed by atoms with Crippen LogP contribution in [-0.4, -0.2) is 28.6 Å². The van der Waals surface area contributed by atoms with Crippen molar-refractivity contribution in [3.8, 4) is 0 Å². The molecule has 174 valence electrons. The van der Waals surface area contributed by atoms with Gasteiger partial charge in [0.25, 0.3) is 5.91 Å². The van der Waals surface area contributed by atoms with E-state index in [4.69, 9.17) is 0 Å². The Labute approximate surface area is 200 Å². The van der Waals surface area contributed by atoms with Crippen molar-refractivity contribution >= 4 is 33.2 Å².